The minimum atomic E-state index is -1.01. The van der Waals surface area contributed by atoms with Crippen molar-refractivity contribution in [3.8, 4) is 0 Å². The third-order valence-corrected chi connectivity index (χ3v) is 3.12. The van der Waals surface area contributed by atoms with Gasteiger partial charge >= 0.3 is 0 Å². The molecule has 4 heteroatoms. The van der Waals surface area contributed by atoms with Gasteiger partial charge in [0.05, 0.1) is 5.54 Å². The SMILES string of the molecule is CC(N)(c1cc(F)cc(F)c1)c1cccc(Cl)c1. The smallest absolute Gasteiger partial charge is 0.126 e. The lowest BCUT2D eigenvalue weighted by Crippen LogP contribution is -2.34. The first-order chi connectivity index (χ1) is 8.39. The van der Waals surface area contributed by atoms with Crippen LogP contribution in [0.15, 0.2) is 42.5 Å². The topological polar surface area (TPSA) is 26.0 Å². The van der Waals surface area contributed by atoms with Gasteiger partial charge in [-0.25, -0.2) is 8.78 Å². The van der Waals surface area contributed by atoms with E-state index in [4.69, 9.17) is 17.3 Å². The van der Waals surface area contributed by atoms with Crippen molar-refractivity contribution in [2.45, 2.75) is 12.5 Å². The second-order valence-corrected chi connectivity index (χ2v) is 4.81. The van der Waals surface area contributed by atoms with Crippen molar-refractivity contribution in [2.75, 3.05) is 0 Å². The Morgan fingerprint density at radius 2 is 1.61 bits per heavy atom. The van der Waals surface area contributed by atoms with E-state index >= 15 is 0 Å². The van der Waals surface area contributed by atoms with E-state index < -0.39 is 17.2 Å². The van der Waals surface area contributed by atoms with E-state index in [9.17, 15) is 8.78 Å². The molecule has 0 aliphatic heterocycles. The predicted molar refractivity (Wildman–Crippen MR) is 68.5 cm³/mol. The highest BCUT2D eigenvalue weighted by atomic mass is 35.5. The van der Waals surface area contributed by atoms with E-state index in [1.165, 1.54) is 12.1 Å². The lowest BCUT2D eigenvalue weighted by atomic mass is 9.85. The van der Waals surface area contributed by atoms with E-state index in [1.807, 2.05) is 0 Å². The minimum absolute atomic E-state index is 0.363. The zero-order chi connectivity index (χ0) is 13.3. The molecule has 0 amide bonds. The summed E-state index contributed by atoms with van der Waals surface area (Å²) in [5.41, 5.74) is 6.23. The van der Waals surface area contributed by atoms with Crippen LogP contribution in [0.5, 0.6) is 0 Å². The molecule has 0 aromatic heterocycles. The van der Waals surface area contributed by atoms with E-state index in [0.717, 1.165) is 6.07 Å². The fraction of sp³-hybridized carbons (Fsp3) is 0.143. The molecule has 0 saturated heterocycles. The lowest BCUT2D eigenvalue weighted by molar-refractivity contribution is 0.550. The average molecular weight is 268 g/mol. The maximum atomic E-state index is 13.2. The fourth-order valence-electron chi connectivity index (χ4n) is 1.83. The molecule has 1 atom stereocenters. The lowest BCUT2D eigenvalue weighted by Gasteiger charge is -2.26. The van der Waals surface area contributed by atoms with Gasteiger partial charge in [0.25, 0.3) is 0 Å². The molecule has 0 bridgehead atoms. The van der Waals surface area contributed by atoms with Crippen LogP contribution in [0, 0.1) is 11.6 Å². The molecular formula is C14H12ClF2N. The maximum absolute atomic E-state index is 13.2. The van der Waals surface area contributed by atoms with Crippen LogP contribution in [-0.2, 0) is 5.54 Å². The van der Waals surface area contributed by atoms with Crippen LogP contribution < -0.4 is 5.73 Å². The molecule has 0 heterocycles. The molecule has 18 heavy (non-hydrogen) atoms. The zero-order valence-electron chi connectivity index (χ0n) is 9.75. The normalized spacial score (nSPS) is 14.3. The predicted octanol–water partition coefficient (Wildman–Crippen LogP) is 3.84. The molecule has 94 valence electrons. The van der Waals surface area contributed by atoms with E-state index in [1.54, 1.807) is 31.2 Å². The van der Waals surface area contributed by atoms with Crippen LogP contribution >= 0.6 is 11.6 Å². The summed E-state index contributed by atoms with van der Waals surface area (Å²) in [6, 6.07) is 10.2. The second-order valence-electron chi connectivity index (χ2n) is 4.37. The highest BCUT2D eigenvalue weighted by molar-refractivity contribution is 6.30. The van der Waals surface area contributed by atoms with E-state index in [0.29, 0.717) is 16.1 Å². The summed E-state index contributed by atoms with van der Waals surface area (Å²) in [5.74, 6) is -1.30. The number of nitrogens with two attached hydrogens (primary N) is 1. The van der Waals surface area contributed by atoms with Gasteiger partial charge in [0.2, 0.25) is 0 Å². The molecule has 2 rings (SSSR count). The number of hydrogen-bond donors (Lipinski definition) is 1. The Hall–Kier alpha value is -1.45. The number of hydrogen-bond acceptors (Lipinski definition) is 1. The highest BCUT2D eigenvalue weighted by Gasteiger charge is 2.25. The minimum Gasteiger partial charge on any atom is -0.318 e. The summed E-state index contributed by atoms with van der Waals surface area (Å²) < 4.78 is 26.5. The maximum Gasteiger partial charge on any atom is 0.126 e. The largest absolute Gasteiger partial charge is 0.318 e. The molecule has 1 nitrogen and oxygen atoms in total. The molecule has 2 aromatic carbocycles. The van der Waals surface area contributed by atoms with Gasteiger partial charge in [0, 0.05) is 11.1 Å². The van der Waals surface area contributed by atoms with Gasteiger partial charge in [0.1, 0.15) is 11.6 Å². The van der Waals surface area contributed by atoms with E-state index in [-0.39, 0.29) is 0 Å². The van der Waals surface area contributed by atoms with Crippen molar-refractivity contribution in [2.24, 2.45) is 5.73 Å². The van der Waals surface area contributed by atoms with Gasteiger partial charge in [-0.3, -0.25) is 0 Å². The third-order valence-electron chi connectivity index (χ3n) is 2.89. The monoisotopic (exact) mass is 267 g/mol. The Kier molecular flexibility index (Phi) is 3.37. The Morgan fingerprint density at radius 1 is 1.00 bits per heavy atom. The van der Waals surface area contributed by atoms with Crippen molar-refractivity contribution in [3.05, 3.63) is 70.2 Å². The zero-order valence-corrected chi connectivity index (χ0v) is 10.5. The second kappa shape index (κ2) is 4.67. The first kappa shape index (κ1) is 13.0. The summed E-state index contributed by atoms with van der Waals surface area (Å²) in [7, 11) is 0. The van der Waals surface area contributed by atoms with Gasteiger partial charge in [-0.05, 0) is 42.3 Å². The molecular weight excluding hydrogens is 256 g/mol. The van der Waals surface area contributed by atoms with Crippen molar-refractivity contribution in [1.82, 2.24) is 0 Å². The van der Waals surface area contributed by atoms with Gasteiger partial charge < -0.3 is 5.73 Å². The quantitative estimate of drug-likeness (QED) is 0.879. The summed E-state index contributed by atoms with van der Waals surface area (Å²) in [4.78, 5) is 0. The molecule has 0 spiro atoms. The standard InChI is InChI=1S/C14H12ClF2N/c1-14(18,9-3-2-4-11(15)5-9)10-6-12(16)8-13(17)7-10/h2-8H,18H2,1H3. The Bertz CT molecular complexity index is 562. The van der Waals surface area contributed by atoms with Crippen LogP contribution in [0.4, 0.5) is 8.78 Å². The first-order valence-electron chi connectivity index (χ1n) is 5.41. The molecule has 1 unspecified atom stereocenters. The molecule has 0 aliphatic rings. The molecule has 0 saturated carbocycles. The van der Waals surface area contributed by atoms with Gasteiger partial charge in [-0.15, -0.1) is 0 Å². The Labute approximate surface area is 109 Å². The number of rotatable bonds is 2. The van der Waals surface area contributed by atoms with Crippen LogP contribution in [0.1, 0.15) is 18.1 Å². The molecule has 0 radical (unpaired) electrons. The Morgan fingerprint density at radius 3 is 2.17 bits per heavy atom. The fourth-order valence-corrected chi connectivity index (χ4v) is 2.02. The third kappa shape index (κ3) is 2.52. The average Bonchev–Trinajstić information content (AvgIpc) is 2.27. The van der Waals surface area contributed by atoms with Crippen LogP contribution in [0.2, 0.25) is 5.02 Å². The Balaban J connectivity index is 2.53. The van der Waals surface area contributed by atoms with Crippen molar-refractivity contribution >= 4 is 11.6 Å². The number of benzene rings is 2. The summed E-state index contributed by atoms with van der Waals surface area (Å²) in [5, 5.41) is 0.529. The van der Waals surface area contributed by atoms with Gasteiger partial charge in [0.15, 0.2) is 0 Å². The van der Waals surface area contributed by atoms with Crippen LogP contribution in [-0.4, -0.2) is 0 Å². The van der Waals surface area contributed by atoms with Crippen molar-refractivity contribution in [3.63, 3.8) is 0 Å². The van der Waals surface area contributed by atoms with Gasteiger partial charge in [-0.1, -0.05) is 23.7 Å². The summed E-state index contributed by atoms with van der Waals surface area (Å²) in [6.07, 6.45) is 0. The van der Waals surface area contributed by atoms with Gasteiger partial charge in [-0.2, -0.15) is 0 Å². The van der Waals surface area contributed by atoms with Crippen molar-refractivity contribution in [1.29, 1.82) is 0 Å². The van der Waals surface area contributed by atoms with Crippen molar-refractivity contribution < 1.29 is 8.78 Å². The highest BCUT2D eigenvalue weighted by Crippen LogP contribution is 2.29. The van der Waals surface area contributed by atoms with E-state index in [2.05, 4.69) is 0 Å². The molecule has 0 fully saturated rings. The summed E-state index contributed by atoms with van der Waals surface area (Å²) >= 11 is 5.90. The number of halogens is 3. The van der Waals surface area contributed by atoms with Crippen LogP contribution in [0.3, 0.4) is 0 Å². The first-order valence-corrected chi connectivity index (χ1v) is 5.79. The summed E-state index contributed by atoms with van der Waals surface area (Å²) in [6.45, 7) is 1.69. The molecule has 2 aromatic rings. The molecule has 0 aliphatic carbocycles. The molecule has 2 N–H and O–H groups in total. The van der Waals surface area contributed by atoms with Crippen LogP contribution in [0.25, 0.3) is 0 Å².